The van der Waals surface area contributed by atoms with Gasteiger partial charge in [-0.2, -0.15) is 0 Å². The van der Waals surface area contributed by atoms with Crippen molar-refractivity contribution in [2.45, 2.75) is 27.2 Å². The highest BCUT2D eigenvalue weighted by molar-refractivity contribution is 6.15. The first-order valence-electron chi connectivity index (χ1n) is 4.85. The van der Waals surface area contributed by atoms with Gasteiger partial charge >= 0.3 is 6.03 Å². The van der Waals surface area contributed by atoms with Gasteiger partial charge in [-0.1, -0.05) is 20.8 Å². The van der Waals surface area contributed by atoms with Crippen LogP contribution in [0.25, 0.3) is 0 Å². The largest absolute Gasteiger partial charge is 0.330 e. The van der Waals surface area contributed by atoms with Crippen LogP contribution in [-0.2, 0) is 9.59 Å². The van der Waals surface area contributed by atoms with E-state index in [0.717, 1.165) is 4.90 Å². The molecule has 1 fully saturated rings. The quantitative estimate of drug-likeness (QED) is 0.652. The summed E-state index contributed by atoms with van der Waals surface area (Å²) in [5, 5.41) is 2.16. The molecule has 0 bridgehead atoms. The molecule has 15 heavy (non-hydrogen) atoms. The van der Waals surface area contributed by atoms with E-state index >= 15 is 0 Å². The van der Waals surface area contributed by atoms with Crippen LogP contribution in [0.3, 0.4) is 0 Å². The van der Waals surface area contributed by atoms with E-state index in [1.807, 2.05) is 20.8 Å². The third-order valence-electron chi connectivity index (χ3n) is 2.30. The fourth-order valence-electron chi connectivity index (χ4n) is 1.51. The highest BCUT2D eigenvalue weighted by atomic mass is 16.2. The predicted molar refractivity (Wildman–Crippen MR) is 53.9 cm³/mol. The van der Waals surface area contributed by atoms with Gasteiger partial charge < -0.3 is 0 Å². The lowest BCUT2D eigenvalue weighted by Gasteiger charge is -2.31. The average Bonchev–Trinajstić information content (AvgIpc) is 2.07. The van der Waals surface area contributed by atoms with Crippen molar-refractivity contribution in [1.82, 2.24) is 10.2 Å². The molecule has 0 radical (unpaired) electrons. The summed E-state index contributed by atoms with van der Waals surface area (Å²) in [5.41, 5.74) is -0.126. The number of hydrogen-bond acceptors (Lipinski definition) is 3. The van der Waals surface area contributed by atoms with Crippen LogP contribution in [0, 0.1) is 11.3 Å². The Morgan fingerprint density at radius 1 is 1.27 bits per heavy atom. The summed E-state index contributed by atoms with van der Waals surface area (Å²) in [6, 6.07) is -0.643. The van der Waals surface area contributed by atoms with E-state index in [4.69, 9.17) is 0 Å². The van der Waals surface area contributed by atoms with Gasteiger partial charge in [0.05, 0.1) is 0 Å². The zero-order valence-corrected chi connectivity index (χ0v) is 9.46. The number of imide groups is 2. The lowest BCUT2D eigenvalue weighted by Crippen LogP contribution is -2.56. The van der Waals surface area contributed by atoms with E-state index in [1.165, 1.54) is 7.05 Å². The molecule has 5 heteroatoms. The fourth-order valence-corrected chi connectivity index (χ4v) is 1.51. The zero-order chi connectivity index (χ0) is 11.8. The van der Waals surface area contributed by atoms with Gasteiger partial charge in [0, 0.05) is 7.05 Å². The van der Waals surface area contributed by atoms with Crippen LogP contribution in [0.5, 0.6) is 0 Å². The topological polar surface area (TPSA) is 66.5 Å². The first-order chi connectivity index (χ1) is 6.72. The minimum absolute atomic E-state index is 0.126. The van der Waals surface area contributed by atoms with E-state index in [2.05, 4.69) is 5.32 Å². The third kappa shape index (κ3) is 2.55. The number of carbonyl (C=O) groups is 3. The molecule has 1 N–H and O–H groups in total. The number of rotatable bonds is 1. The molecular weight excluding hydrogens is 196 g/mol. The van der Waals surface area contributed by atoms with E-state index in [9.17, 15) is 14.4 Å². The molecule has 1 unspecified atom stereocenters. The number of amides is 4. The summed E-state index contributed by atoms with van der Waals surface area (Å²) in [5.74, 6) is -1.65. The number of nitrogens with zero attached hydrogens (tertiary/aromatic N) is 1. The maximum atomic E-state index is 11.7. The summed E-state index contributed by atoms with van der Waals surface area (Å²) in [7, 11) is 1.37. The normalized spacial score (nSPS) is 23.1. The van der Waals surface area contributed by atoms with Gasteiger partial charge in [-0.25, -0.2) is 4.79 Å². The second-order valence-electron chi connectivity index (χ2n) is 5.01. The van der Waals surface area contributed by atoms with Crippen LogP contribution in [0.1, 0.15) is 27.2 Å². The number of barbiturate groups is 1. The van der Waals surface area contributed by atoms with Crippen molar-refractivity contribution in [3.05, 3.63) is 0 Å². The molecule has 1 aliphatic heterocycles. The van der Waals surface area contributed by atoms with Crippen molar-refractivity contribution >= 4 is 17.8 Å². The molecule has 0 aliphatic carbocycles. The second-order valence-corrected chi connectivity index (χ2v) is 5.01. The number of carbonyl (C=O) groups excluding carboxylic acids is 3. The van der Waals surface area contributed by atoms with Crippen molar-refractivity contribution in [3.63, 3.8) is 0 Å². The van der Waals surface area contributed by atoms with Crippen molar-refractivity contribution in [3.8, 4) is 0 Å². The van der Waals surface area contributed by atoms with Crippen molar-refractivity contribution in [2.75, 3.05) is 7.05 Å². The van der Waals surface area contributed by atoms with Gasteiger partial charge in [-0.15, -0.1) is 0 Å². The van der Waals surface area contributed by atoms with Gasteiger partial charge in [0.15, 0.2) is 0 Å². The van der Waals surface area contributed by atoms with Gasteiger partial charge in [-0.05, 0) is 11.8 Å². The van der Waals surface area contributed by atoms with Crippen LogP contribution in [0.15, 0.2) is 0 Å². The highest BCUT2D eigenvalue weighted by Gasteiger charge is 2.40. The fraction of sp³-hybridized carbons (Fsp3) is 0.700. The molecule has 84 valence electrons. The molecule has 4 amide bonds. The minimum atomic E-state index is -0.743. The Bertz CT molecular complexity index is 317. The van der Waals surface area contributed by atoms with Gasteiger partial charge in [0.2, 0.25) is 11.8 Å². The predicted octanol–water partition coefficient (Wildman–Crippen LogP) is 0.747. The zero-order valence-electron chi connectivity index (χ0n) is 9.46. The summed E-state index contributed by atoms with van der Waals surface area (Å²) >= 11 is 0. The number of hydrogen-bond donors (Lipinski definition) is 1. The van der Waals surface area contributed by atoms with Crippen molar-refractivity contribution < 1.29 is 14.4 Å². The molecule has 1 heterocycles. The molecule has 1 saturated heterocycles. The van der Waals surface area contributed by atoms with Gasteiger partial charge in [-0.3, -0.25) is 19.8 Å². The maximum absolute atomic E-state index is 11.7. The Kier molecular flexibility index (Phi) is 2.83. The van der Waals surface area contributed by atoms with Gasteiger partial charge in [0.25, 0.3) is 0 Å². The summed E-state index contributed by atoms with van der Waals surface area (Å²) in [4.78, 5) is 35.2. The highest BCUT2D eigenvalue weighted by Crippen LogP contribution is 2.27. The molecule has 1 aliphatic rings. The summed E-state index contributed by atoms with van der Waals surface area (Å²) < 4.78 is 0. The molecule has 0 saturated carbocycles. The van der Waals surface area contributed by atoms with E-state index < -0.39 is 23.8 Å². The summed E-state index contributed by atoms with van der Waals surface area (Å²) in [6.45, 7) is 5.85. The second kappa shape index (κ2) is 3.64. The molecule has 0 aromatic rings. The van der Waals surface area contributed by atoms with Crippen molar-refractivity contribution in [2.24, 2.45) is 11.3 Å². The molecule has 0 aromatic heterocycles. The number of nitrogens with one attached hydrogen (secondary N) is 1. The van der Waals surface area contributed by atoms with E-state index in [-0.39, 0.29) is 5.41 Å². The Morgan fingerprint density at radius 2 is 1.80 bits per heavy atom. The smallest absolute Gasteiger partial charge is 0.277 e. The van der Waals surface area contributed by atoms with Gasteiger partial charge in [0.1, 0.15) is 5.92 Å². The van der Waals surface area contributed by atoms with E-state index in [1.54, 1.807) is 0 Å². The summed E-state index contributed by atoms with van der Waals surface area (Å²) in [6.07, 6.45) is 0.440. The lowest BCUT2D eigenvalue weighted by molar-refractivity contribution is -0.143. The Hall–Kier alpha value is -1.39. The molecule has 0 aromatic carbocycles. The average molecular weight is 212 g/mol. The van der Waals surface area contributed by atoms with Crippen LogP contribution >= 0.6 is 0 Å². The molecular formula is C10H16N2O3. The molecule has 0 spiro atoms. The minimum Gasteiger partial charge on any atom is -0.277 e. The SMILES string of the molecule is CN1C(=O)NC(=O)C(CC(C)(C)C)C1=O. The standard InChI is InChI=1S/C10H16N2O3/c1-10(2,3)5-6-7(13)11-9(15)12(4)8(6)14/h6H,5H2,1-4H3,(H,11,13,15). The molecule has 1 atom stereocenters. The first kappa shape index (κ1) is 11.7. The lowest BCUT2D eigenvalue weighted by atomic mass is 9.83. The third-order valence-corrected chi connectivity index (χ3v) is 2.30. The van der Waals surface area contributed by atoms with Crippen LogP contribution in [-0.4, -0.2) is 29.8 Å². The molecule has 1 rings (SSSR count). The van der Waals surface area contributed by atoms with Crippen LogP contribution < -0.4 is 5.32 Å². The van der Waals surface area contributed by atoms with Crippen LogP contribution in [0.4, 0.5) is 4.79 Å². The first-order valence-corrected chi connectivity index (χ1v) is 4.85. The van der Waals surface area contributed by atoms with E-state index in [0.29, 0.717) is 6.42 Å². The Morgan fingerprint density at radius 3 is 2.27 bits per heavy atom. The van der Waals surface area contributed by atoms with Crippen molar-refractivity contribution in [1.29, 1.82) is 0 Å². The number of urea groups is 1. The van der Waals surface area contributed by atoms with Crippen LogP contribution in [0.2, 0.25) is 0 Å². The Labute approximate surface area is 88.8 Å². The maximum Gasteiger partial charge on any atom is 0.330 e. The Balaban J connectivity index is 2.84. The molecule has 5 nitrogen and oxygen atoms in total. The monoisotopic (exact) mass is 212 g/mol.